The van der Waals surface area contributed by atoms with Gasteiger partial charge in [-0.2, -0.15) is 0 Å². The maximum Gasteiger partial charge on any atom is 0.191 e. The Morgan fingerprint density at radius 2 is 2.00 bits per heavy atom. The van der Waals surface area contributed by atoms with Crippen molar-refractivity contribution >= 4 is 11.8 Å². The van der Waals surface area contributed by atoms with Crippen molar-refractivity contribution in [2.45, 2.75) is 37.3 Å². The highest BCUT2D eigenvalue weighted by molar-refractivity contribution is 7.98. The Bertz CT molecular complexity index is 598. The van der Waals surface area contributed by atoms with Crippen molar-refractivity contribution in [1.82, 2.24) is 14.8 Å². The molecule has 2 N–H and O–H groups in total. The van der Waals surface area contributed by atoms with E-state index in [2.05, 4.69) is 10.2 Å². The molecule has 2 aromatic rings. The van der Waals surface area contributed by atoms with Crippen LogP contribution in [0.25, 0.3) is 0 Å². The number of hydrogen-bond acceptors (Lipinski definition) is 4. The minimum atomic E-state index is -0.838. The van der Waals surface area contributed by atoms with Crippen molar-refractivity contribution in [3.8, 4) is 0 Å². The van der Waals surface area contributed by atoms with Crippen LogP contribution in [-0.4, -0.2) is 14.8 Å². The zero-order chi connectivity index (χ0) is 14.7. The van der Waals surface area contributed by atoms with E-state index in [1.54, 1.807) is 6.07 Å². The quantitative estimate of drug-likeness (QED) is 0.862. The van der Waals surface area contributed by atoms with Crippen LogP contribution >= 0.6 is 11.8 Å². The lowest BCUT2D eigenvalue weighted by atomic mass is 10.2. The molecule has 0 amide bonds. The first-order valence-corrected chi connectivity index (χ1v) is 7.22. The van der Waals surface area contributed by atoms with E-state index in [0.29, 0.717) is 23.7 Å². The molecule has 0 saturated heterocycles. The lowest BCUT2D eigenvalue weighted by Crippen LogP contribution is -2.11. The molecule has 1 aromatic heterocycles. The van der Waals surface area contributed by atoms with Crippen LogP contribution in [0.15, 0.2) is 23.4 Å². The van der Waals surface area contributed by atoms with Gasteiger partial charge in [0.25, 0.3) is 0 Å². The van der Waals surface area contributed by atoms with Crippen molar-refractivity contribution < 1.29 is 8.78 Å². The molecule has 0 bridgehead atoms. The molecular weight excluding hydrogens is 282 g/mol. The first kappa shape index (κ1) is 14.9. The Morgan fingerprint density at radius 3 is 2.60 bits per heavy atom. The van der Waals surface area contributed by atoms with Crippen molar-refractivity contribution in [2.24, 2.45) is 5.73 Å². The monoisotopic (exact) mass is 298 g/mol. The predicted molar refractivity (Wildman–Crippen MR) is 74.2 cm³/mol. The second-order valence-electron chi connectivity index (χ2n) is 4.60. The van der Waals surface area contributed by atoms with Gasteiger partial charge in [-0.25, -0.2) is 8.78 Å². The Morgan fingerprint density at radius 1 is 1.25 bits per heavy atom. The smallest absolute Gasteiger partial charge is 0.191 e. The number of nitrogens with zero attached hydrogens (tertiary/aromatic N) is 3. The Balaban J connectivity index is 2.14. The fourth-order valence-corrected chi connectivity index (χ4v) is 2.87. The lowest BCUT2D eigenvalue weighted by molar-refractivity contribution is 0.507. The fraction of sp³-hybridized carbons (Fsp3) is 0.385. The van der Waals surface area contributed by atoms with E-state index in [4.69, 9.17) is 5.73 Å². The number of aromatic nitrogens is 3. The highest BCUT2D eigenvalue weighted by Gasteiger charge is 2.14. The van der Waals surface area contributed by atoms with E-state index in [9.17, 15) is 8.78 Å². The molecule has 0 radical (unpaired) electrons. The van der Waals surface area contributed by atoms with Crippen LogP contribution in [-0.2, 0) is 12.3 Å². The molecule has 0 atom stereocenters. The summed E-state index contributed by atoms with van der Waals surface area (Å²) in [6.07, 6.45) is 0. The van der Waals surface area contributed by atoms with Gasteiger partial charge in [0.2, 0.25) is 0 Å². The van der Waals surface area contributed by atoms with Gasteiger partial charge in [-0.15, -0.1) is 10.2 Å². The van der Waals surface area contributed by atoms with Gasteiger partial charge in [-0.05, 0) is 31.5 Å². The average Bonchev–Trinajstić information content (AvgIpc) is 2.83. The maximum absolute atomic E-state index is 13.1. The highest BCUT2D eigenvalue weighted by atomic mass is 32.2. The molecule has 1 heterocycles. The Labute approximate surface area is 120 Å². The molecule has 0 saturated carbocycles. The van der Waals surface area contributed by atoms with Gasteiger partial charge < -0.3 is 10.3 Å². The number of rotatable bonds is 5. The summed E-state index contributed by atoms with van der Waals surface area (Å²) >= 11 is 1.42. The summed E-state index contributed by atoms with van der Waals surface area (Å²) in [6.45, 7) is 4.35. The molecule has 20 heavy (non-hydrogen) atoms. The number of halogens is 2. The van der Waals surface area contributed by atoms with Gasteiger partial charge in [0.1, 0.15) is 5.82 Å². The third-order valence-electron chi connectivity index (χ3n) is 2.79. The summed E-state index contributed by atoms with van der Waals surface area (Å²) in [5.74, 6) is -0.467. The number of benzene rings is 1. The largest absolute Gasteiger partial charge is 0.324 e. The van der Waals surface area contributed by atoms with E-state index in [1.165, 1.54) is 17.8 Å². The summed E-state index contributed by atoms with van der Waals surface area (Å²) in [6, 6.07) is 4.08. The molecular formula is C13H16F2N4S. The number of nitrogens with two attached hydrogens (primary N) is 1. The minimum Gasteiger partial charge on any atom is -0.324 e. The average molecular weight is 298 g/mol. The zero-order valence-electron chi connectivity index (χ0n) is 11.3. The molecule has 108 valence electrons. The molecule has 7 heteroatoms. The second kappa shape index (κ2) is 6.32. The maximum atomic E-state index is 13.1. The fourth-order valence-electron chi connectivity index (χ4n) is 1.84. The molecule has 0 unspecified atom stereocenters. The molecule has 2 rings (SSSR count). The molecule has 0 aliphatic heterocycles. The Hall–Kier alpha value is -1.47. The zero-order valence-corrected chi connectivity index (χ0v) is 12.1. The van der Waals surface area contributed by atoms with Crippen LogP contribution in [0, 0.1) is 11.6 Å². The summed E-state index contributed by atoms with van der Waals surface area (Å²) in [7, 11) is 0. The second-order valence-corrected chi connectivity index (χ2v) is 5.55. The SMILES string of the molecule is CC(C)n1c(CN)nnc1SCc1ccc(F)c(F)c1. The van der Waals surface area contributed by atoms with Crippen LogP contribution in [0.3, 0.4) is 0 Å². The first-order valence-electron chi connectivity index (χ1n) is 6.23. The summed E-state index contributed by atoms with van der Waals surface area (Å²) < 4.78 is 27.9. The molecule has 0 aliphatic rings. The standard InChI is InChI=1S/C13H16F2N4S/c1-8(2)19-12(6-16)17-18-13(19)20-7-9-3-4-10(14)11(15)5-9/h3-5,8H,6-7,16H2,1-2H3. The van der Waals surface area contributed by atoms with E-state index in [-0.39, 0.29) is 6.04 Å². The van der Waals surface area contributed by atoms with Gasteiger partial charge in [0, 0.05) is 11.8 Å². The van der Waals surface area contributed by atoms with E-state index in [1.807, 2.05) is 18.4 Å². The molecule has 0 fully saturated rings. The Kier molecular flexibility index (Phi) is 4.72. The normalized spacial score (nSPS) is 11.3. The van der Waals surface area contributed by atoms with Gasteiger partial charge in [-0.1, -0.05) is 17.8 Å². The summed E-state index contributed by atoms with van der Waals surface area (Å²) in [5, 5.41) is 8.85. The molecule has 1 aromatic carbocycles. The summed E-state index contributed by atoms with van der Waals surface area (Å²) in [4.78, 5) is 0. The minimum absolute atomic E-state index is 0.191. The molecule has 0 aliphatic carbocycles. The van der Waals surface area contributed by atoms with Gasteiger partial charge in [-0.3, -0.25) is 0 Å². The molecule has 4 nitrogen and oxygen atoms in total. The van der Waals surface area contributed by atoms with E-state index in [0.717, 1.165) is 11.2 Å². The third kappa shape index (κ3) is 3.16. The predicted octanol–water partition coefficient (Wildman–Crippen LogP) is 2.89. The number of thioether (sulfide) groups is 1. The van der Waals surface area contributed by atoms with Crippen LogP contribution in [0.2, 0.25) is 0 Å². The number of hydrogen-bond donors (Lipinski definition) is 1. The van der Waals surface area contributed by atoms with E-state index >= 15 is 0 Å². The topological polar surface area (TPSA) is 56.7 Å². The third-order valence-corrected chi connectivity index (χ3v) is 3.80. The van der Waals surface area contributed by atoms with Crippen molar-refractivity contribution in [2.75, 3.05) is 0 Å². The lowest BCUT2D eigenvalue weighted by Gasteiger charge is -2.12. The van der Waals surface area contributed by atoms with Crippen LogP contribution in [0.5, 0.6) is 0 Å². The van der Waals surface area contributed by atoms with E-state index < -0.39 is 11.6 Å². The van der Waals surface area contributed by atoms with Crippen molar-refractivity contribution in [3.63, 3.8) is 0 Å². The summed E-state index contributed by atoms with van der Waals surface area (Å²) in [5.41, 5.74) is 6.32. The van der Waals surface area contributed by atoms with Gasteiger partial charge >= 0.3 is 0 Å². The molecule has 0 spiro atoms. The highest BCUT2D eigenvalue weighted by Crippen LogP contribution is 2.25. The van der Waals surface area contributed by atoms with Crippen LogP contribution in [0.1, 0.15) is 31.3 Å². The van der Waals surface area contributed by atoms with Crippen molar-refractivity contribution in [1.29, 1.82) is 0 Å². The first-order chi connectivity index (χ1) is 9.52. The van der Waals surface area contributed by atoms with Gasteiger partial charge in [0.05, 0.1) is 6.54 Å². The van der Waals surface area contributed by atoms with Crippen LogP contribution < -0.4 is 5.73 Å². The van der Waals surface area contributed by atoms with Crippen molar-refractivity contribution in [3.05, 3.63) is 41.2 Å². The van der Waals surface area contributed by atoms with Crippen LogP contribution in [0.4, 0.5) is 8.78 Å². The van der Waals surface area contributed by atoms with Gasteiger partial charge in [0.15, 0.2) is 16.8 Å².